The van der Waals surface area contributed by atoms with Gasteiger partial charge < -0.3 is 11.1 Å². The van der Waals surface area contributed by atoms with E-state index < -0.39 is 0 Å². The molecule has 3 N–H and O–H groups in total. The summed E-state index contributed by atoms with van der Waals surface area (Å²) in [7, 11) is 0. The minimum absolute atomic E-state index is 0. The lowest BCUT2D eigenvalue weighted by atomic mass is 9.86. The van der Waals surface area contributed by atoms with Crippen molar-refractivity contribution in [2.24, 2.45) is 11.7 Å². The second kappa shape index (κ2) is 8.70. The van der Waals surface area contributed by atoms with Crippen LogP contribution in [0.4, 0.5) is 0 Å². The molecule has 0 saturated heterocycles. The second-order valence-corrected chi connectivity index (χ2v) is 7.61. The molecule has 1 aliphatic rings. The maximum atomic E-state index is 12.0. The van der Waals surface area contributed by atoms with Gasteiger partial charge in [0.2, 0.25) is 5.91 Å². The van der Waals surface area contributed by atoms with Crippen LogP contribution in [0.2, 0.25) is 0 Å². The Morgan fingerprint density at radius 3 is 2.39 bits per heavy atom. The van der Waals surface area contributed by atoms with Crippen molar-refractivity contribution in [1.82, 2.24) is 5.32 Å². The smallest absolute Gasteiger partial charge is 0.220 e. The summed E-state index contributed by atoms with van der Waals surface area (Å²) in [6.07, 6.45) is 4.80. The van der Waals surface area contributed by atoms with Gasteiger partial charge in [-0.3, -0.25) is 4.79 Å². The lowest BCUT2D eigenvalue weighted by Gasteiger charge is -2.19. The maximum absolute atomic E-state index is 12.0. The molecule has 0 heterocycles. The third kappa shape index (κ3) is 6.15. The van der Waals surface area contributed by atoms with Gasteiger partial charge in [-0.15, -0.1) is 12.4 Å². The van der Waals surface area contributed by atoms with E-state index in [-0.39, 0.29) is 29.8 Å². The van der Waals surface area contributed by atoms with Crippen LogP contribution in [0.3, 0.4) is 0 Å². The summed E-state index contributed by atoms with van der Waals surface area (Å²) >= 11 is 0. The fraction of sp³-hybridized carbons (Fsp3) is 0.632. The lowest BCUT2D eigenvalue weighted by Crippen LogP contribution is -2.32. The number of hydrogen-bond donors (Lipinski definition) is 2. The molecule has 130 valence electrons. The van der Waals surface area contributed by atoms with Gasteiger partial charge >= 0.3 is 0 Å². The molecule has 0 unspecified atom stereocenters. The molecule has 2 rings (SSSR count). The molecule has 1 aromatic rings. The normalized spacial score (nSPS) is 20.9. The first kappa shape index (κ1) is 20.0. The number of halogens is 1. The number of nitrogens with two attached hydrogens (primary N) is 1. The molecule has 4 heteroatoms. The Labute approximate surface area is 146 Å². The summed E-state index contributed by atoms with van der Waals surface area (Å²) < 4.78 is 0. The number of benzene rings is 1. The van der Waals surface area contributed by atoms with Crippen LogP contribution in [0.25, 0.3) is 0 Å². The molecule has 0 aliphatic heterocycles. The molecule has 0 spiro atoms. The lowest BCUT2D eigenvalue weighted by molar-refractivity contribution is -0.122. The molecule has 1 amide bonds. The standard InChI is InChI=1S/C19H30N2O.ClH/c1-19(2,3)16-9-7-14(8-10-16)11-12-21-18(22)13-15-5-4-6-17(15)20;/h7-10,15,17H,4-6,11-13,20H2,1-3H3,(H,21,22);1H/t15-,17+;/m0./s1. The summed E-state index contributed by atoms with van der Waals surface area (Å²) in [5.41, 5.74) is 8.82. The summed E-state index contributed by atoms with van der Waals surface area (Å²) in [6, 6.07) is 8.93. The summed E-state index contributed by atoms with van der Waals surface area (Å²) in [5, 5.41) is 3.03. The van der Waals surface area contributed by atoms with E-state index in [1.54, 1.807) is 0 Å². The first-order valence-electron chi connectivity index (χ1n) is 8.48. The van der Waals surface area contributed by atoms with E-state index in [1.807, 2.05) is 0 Å². The molecule has 0 aromatic heterocycles. The quantitative estimate of drug-likeness (QED) is 0.862. The average molecular weight is 339 g/mol. The molecule has 23 heavy (non-hydrogen) atoms. The molecule has 1 aromatic carbocycles. The van der Waals surface area contributed by atoms with Gasteiger partial charge in [-0.25, -0.2) is 0 Å². The van der Waals surface area contributed by atoms with Crippen molar-refractivity contribution in [2.45, 2.75) is 64.3 Å². The second-order valence-electron chi connectivity index (χ2n) is 7.61. The van der Waals surface area contributed by atoms with Crippen molar-refractivity contribution < 1.29 is 4.79 Å². The van der Waals surface area contributed by atoms with Crippen molar-refractivity contribution in [1.29, 1.82) is 0 Å². The third-order valence-electron chi connectivity index (χ3n) is 4.72. The molecule has 3 nitrogen and oxygen atoms in total. The van der Waals surface area contributed by atoms with Crippen LogP contribution >= 0.6 is 12.4 Å². The van der Waals surface area contributed by atoms with E-state index in [9.17, 15) is 4.79 Å². The highest BCUT2D eigenvalue weighted by Gasteiger charge is 2.25. The largest absolute Gasteiger partial charge is 0.356 e. The predicted molar refractivity (Wildman–Crippen MR) is 99.0 cm³/mol. The third-order valence-corrected chi connectivity index (χ3v) is 4.72. The van der Waals surface area contributed by atoms with E-state index in [0.29, 0.717) is 18.9 Å². The highest BCUT2D eigenvalue weighted by atomic mass is 35.5. The minimum atomic E-state index is 0. The van der Waals surface area contributed by atoms with E-state index in [1.165, 1.54) is 17.5 Å². The number of carbonyl (C=O) groups is 1. The predicted octanol–water partition coefficient (Wildman–Crippen LogP) is 3.58. The van der Waals surface area contributed by atoms with E-state index >= 15 is 0 Å². The summed E-state index contributed by atoms with van der Waals surface area (Å²) in [6.45, 7) is 7.36. The molecule has 1 fully saturated rings. The van der Waals surface area contributed by atoms with Crippen LogP contribution in [0.5, 0.6) is 0 Å². The number of hydrogen-bond acceptors (Lipinski definition) is 2. The molecular formula is C19H31ClN2O. The fourth-order valence-corrected chi connectivity index (χ4v) is 3.15. The molecule has 1 aliphatic carbocycles. The van der Waals surface area contributed by atoms with E-state index in [0.717, 1.165) is 19.3 Å². The van der Waals surface area contributed by atoms with Crippen LogP contribution in [-0.4, -0.2) is 18.5 Å². The molecule has 0 radical (unpaired) electrons. The topological polar surface area (TPSA) is 55.1 Å². The molecular weight excluding hydrogens is 308 g/mol. The van der Waals surface area contributed by atoms with Gasteiger partial charge in [0, 0.05) is 19.0 Å². The summed E-state index contributed by atoms with van der Waals surface area (Å²) in [5.74, 6) is 0.528. The van der Waals surface area contributed by atoms with Crippen molar-refractivity contribution in [3.8, 4) is 0 Å². The Kier molecular flexibility index (Phi) is 7.56. The van der Waals surface area contributed by atoms with Gasteiger partial charge in [-0.1, -0.05) is 51.5 Å². The molecule has 2 atom stereocenters. The van der Waals surface area contributed by atoms with Crippen molar-refractivity contribution >= 4 is 18.3 Å². The van der Waals surface area contributed by atoms with Crippen LogP contribution in [-0.2, 0) is 16.6 Å². The van der Waals surface area contributed by atoms with E-state index in [4.69, 9.17) is 5.73 Å². The van der Waals surface area contributed by atoms with Gasteiger partial charge in [0.15, 0.2) is 0 Å². The van der Waals surface area contributed by atoms with Crippen LogP contribution in [0.15, 0.2) is 24.3 Å². The monoisotopic (exact) mass is 338 g/mol. The zero-order valence-corrected chi connectivity index (χ0v) is 15.4. The van der Waals surface area contributed by atoms with Gasteiger partial charge in [0.25, 0.3) is 0 Å². The molecule has 1 saturated carbocycles. The Hall–Kier alpha value is -1.06. The SMILES string of the molecule is CC(C)(C)c1ccc(CCNC(=O)C[C@@H]2CCC[C@H]2N)cc1.Cl. The number of carbonyl (C=O) groups excluding carboxylic acids is 1. The van der Waals surface area contributed by atoms with Crippen molar-refractivity contribution in [3.05, 3.63) is 35.4 Å². The van der Waals surface area contributed by atoms with Gasteiger partial charge in [-0.2, -0.15) is 0 Å². The maximum Gasteiger partial charge on any atom is 0.220 e. The first-order chi connectivity index (χ1) is 10.4. The fourth-order valence-electron chi connectivity index (χ4n) is 3.15. The molecule has 0 bridgehead atoms. The minimum Gasteiger partial charge on any atom is -0.356 e. The highest BCUT2D eigenvalue weighted by molar-refractivity contribution is 5.85. The van der Waals surface area contributed by atoms with Crippen LogP contribution in [0, 0.1) is 5.92 Å². The van der Waals surface area contributed by atoms with Gasteiger partial charge in [-0.05, 0) is 41.7 Å². The number of amides is 1. The van der Waals surface area contributed by atoms with Crippen LogP contribution < -0.4 is 11.1 Å². The number of nitrogens with one attached hydrogen (secondary N) is 1. The number of rotatable bonds is 5. The highest BCUT2D eigenvalue weighted by Crippen LogP contribution is 2.26. The van der Waals surface area contributed by atoms with Gasteiger partial charge in [0.05, 0.1) is 0 Å². The Bertz CT molecular complexity index is 493. The van der Waals surface area contributed by atoms with Crippen molar-refractivity contribution in [2.75, 3.05) is 6.54 Å². The Morgan fingerprint density at radius 1 is 1.22 bits per heavy atom. The van der Waals surface area contributed by atoms with Gasteiger partial charge in [0.1, 0.15) is 0 Å². The Morgan fingerprint density at radius 2 is 1.87 bits per heavy atom. The zero-order chi connectivity index (χ0) is 16.2. The first-order valence-corrected chi connectivity index (χ1v) is 8.48. The summed E-state index contributed by atoms with van der Waals surface area (Å²) in [4.78, 5) is 12.0. The average Bonchev–Trinajstić information content (AvgIpc) is 2.84. The van der Waals surface area contributed by atoms with Crippen molar-refractivity contribution in [3.63, 3.8) is 0 Å². The Balaban J connectivity index is 0.00000264. The zero-order valence-electron chi connectivity index (χ0n) is 14.6. The van der Waals surface area contributed by atoms with Crippen LogP contribution in [0.1, 0.15) is 57.6 Å². The van der Waals surface area contributed by atoms with E-state index in [2.05, 4.69) is 50.4 Å².